The first-order chi connectivity index (χ1) is 8.57. The van der Waals surface area contributed by atoms with E-state index in [1.807, 2.05) is 23.3 Å². The highest BCUT2D eigenvalue weighted by Crippen LogP contribution is 1.93. The average Bonchev–Trinajstić information content (AvgIpc) is 2.82. The minimum atomic E-state index is -1.44. The van der Waals surface area contributed by atoms with E-state index in [-0.39, 0.29) is 0 Å². The first-order valence-electron chi connectivity index (χ1n) is 6.06. The highest BCUT2D eigenvalue weighted by atomic mass is 16.5. The minimum absolute atomic E-state index is 0.660. The van der Waals surface area contributed by atoms with E-state index in [9.17, 15) is 9.90 Å². The SMILES string of the molecule is CC(O)C(=O)[O-].CCCCCOC[n+]1cc[nH]c1. The summed E-state index contributed by atoms with van der Waals surface area (Å²) < 4.78 is 7.40. The summed E-state index contributed by atoms with van der Waals surface area (Å²) in [4.78, 5) is 12.3. The van der Waals surface area contributed by atoms with Crippen molar-refractivity contribution >= 4 is 5.97 Å². The number of ether oxygens (including phenoxy) is 1. The van der Waals surface area contributed by atoms with Crippen LogP contribution in [0.4, 0.5) is 0 Å². The Hall–Kier alpha value is -1.40. The summed E-state index contributed by atoms with van der Waals surface area (Å²) >= 11 is 0. The standard InChI is InChI=1S/C9H16N2O.C3H6O3/c1-2-3-4-7-12-9-11-6-5-10-8-11;1-2(4)3(5)6/h5-6,8H,2-4,7,9H2,1H3;2,4H,1H3,(H,5,6). The first kappa shape index (κ1) is 16.6. The number of aliphatic hydroxyl groups excluding tert-OH is 1. The molecule has 0 spiro atoms. The predicted molar refractivity (Wildman–Crippen MR) is 63.2 cm³/mol. The summed E-state index contributed by atoms with van der Waals surface area (Å²) in [6, 6.07) is 0. The van der Waals surface area contributed by atoms with Crippen LogP contribution < -0.4 is 9.67 Å². The number of carboxylic acid groups (broad SMARTS) is 1. The molecule has 0 aliphatic rings. The van der Waals surface area contributed by atoms with Gasteiger partial charge in [-0.1, -0.05) is 19.8 Å². The summed E-state index contributed by atoms with van der Waals surface area (Å²) in [7, 11) is 0. The highest BCUT2D eigenvalue weighted by Gasteiger charge is 1.94. The van der Waals surface area contributed by atoms with Crippen LogP contribution in [0.2, 0.25) is 0 Å². The van der Waals surface area contributed by atoms with E-state index in [0.29, 0.717) is 6.73 Å². The van der Waals surface area contributed by atoms with Gasteiger partial charge in [0, 0.05) is 0 Å². The van der Waals surface area contributed by atoms with Gasteiger partial charge in [0.25, 0.3) is 0 Å². The van der Waals surface area contributed by atoms with Crippen LogP contribution in [0.5, 0.6) is 0 Å². The Morgan fingerprint density at radius 3 is 2.67 bits per heavy atom. The highest BCUT2D eigenvalue weighted by molar-refractivity contribution is 5.68. The number of nitrogens with one attached hydrogen (secondary N) is 1. The van der Waals surface area contributed by atoms with Crippen molar-refractivity contribution in [1.82, 2.24) is 4.98 Å². The van der Waals surface area contributed by atoms with Gasteiger partial charge < -0.3 is 19.7 Å². The number of hydrogen-bond acceptors (Lipinski definition) is 4. The average molecular weight is 258 g/mol. The number of aliphatic carboxylic acids is 1. The Morgan fingerprint density at radius 1 is 1.56 bits per heavy atom. The van der Waals surface area contributed by atoms with Gasteiger partial charge in [0.15, 0.2) is 6.73 Å². The number of imidazole rings is 1. The van der Waals surface area contributed by atoms with E-state index in [4.69, 9.17) is 9.84 Å². The summed E-state index contributed by atoms with van der Waals surface area (Å²) in [5.41, 5.74) is 0. The van der Waals surface area contributed by atoms with E-state index >= 15 is 0 Å². The third-order valence-corrected chi connectivity index (χ3v) is 2.08. The van der Waals surface area contributed by atoms with Gasteiger partial charge in [-0.25, -0.2) is 4.57 Å². The summed E-state index contributed by atoms with van der Waals surface area (Å²) in [6.07, 6.45) is 8.07. The van der Waals surface area contributed by atoms with Crippen LogP contribution in [0.1, 0.15) is 33.1 Å². The van der Waals surface area contributed by atoms with Crippen molar-refractivity contribution in [1.29, 1.82) is 0 Å². The molecule has 1 heterocycles. The zero-order valence-corrected chi connectivity index (χ0v) is 11.0. The lowest BCUT2D eigenvalue weighted by atomic mass is 10.3. The van der Waals surface area contributed by atoms with Crippen molar-refractivity contribution in [3.8, 4) is 0 Å². The molecule has 0 saturated heterocycles. The number of nitrogens with zero attached hydrogens (tertiary/aromatic N) is 1. The van der Waals surface area contributed by atoms with Crippen molar-refractivity contribution in [3.63, 3.8) is 0 Å². The molecule has 104 valence electrons. The van der Waals surface area contributed by atoms with Crippen LogP contribution in [-0.4, -0.2) is 28.8 Å². The lowest BCUT2D eigenvalue weighted by Gasteiger charge is -2.00. The molecule has 1 atom stereocenters. The largest absolute Gasteiger partial charge is 0.547 e. The predicted octanol–water partition coefficient (Wildman–Crippen LogP) is -0.416. The van der Waals surface area contributed by atoms with Gasteiger partial charge in [-0.05, 0) is 13.3 Å². The maximum atomic E-state index is 9.34. The van der Waals surface area contributed by atoms with Crippen LogP contribution in [-0.2, 0) is 16.3 Å². The molecule has 1 aromatic heterocycles. The molecule has 0 amide bonds. The van der Waals surface area contributed by atoms with Crippen LogP contribution in [0.15, 0.2) is 18.7 Å². The van der Waals surface area contributed by atoms with Crippen molar-refractivity contribution in [2.45, 2.75) is 45.9 Å². The van der Waals surface area contributed by atoms with Crippen LogP contribution in [0, 0.1) is 0 Å². The molecule has 0 aliphatic heterocycles. The van der Waals surface area contributed by atoms with Gasteiger partial charge >= 0.3 is 0 Å². The van der Waals surface area contributed by atoms with E-state index in [0.717, 1.165) is 13.5 Å². The fourth-order valence-corrected chi connectivity index (χ4v) is 1.02. The Morgan fingerprint density at radius 2 is 2.22 bits per heavy atom. The van der Waals surface area contributed by atoms with Gasteiger partial charge in [-0.3, -0.25) is 4.98 Å². The smallest absolute Gasteiger partial charge is 0.243 e. The van der Waals surface area contributed by atoms with Crippen LogP contribution in [0.25, 0.3) is 0 Å². The second-order valence-corrected chi connectivity index (χ2v) is 3.87. The van der Waals surface area contributed by atoms with E-state index in [1.165, 1.54) is 19.3 Å². The molecular weight excluding hydrogens is 236 g/mol. The summed E-state index contributed by atoms with van der Waals surface area (Å²) in [5, 5.41) is 17.3. The zero-order chi connectivity index (χ0) is 13.8. The minimum Gasteiger partial charge on any atom is -0.547 e. The molecule has 0 saturated carbocycles. The van der Waals surface area contributed by atoms with Gasteiger partial charge in [0.1, 0.15) is 12.4 Å². The summed E-state index contributed by atoms with van der Waals surface area (Å²) in [5.74, 6) is -1.44. The number of H-pyrrole nitrogens is 1. The lowest BCUT2D eigenvalue weighted by Crippen LogP contribution is -2.32. The maximum absolute atomic E-state index is 9.34. The number of aliphatic hydroxyl groups is 1. The third-order valence-electron chi connectivity index (χ3n) is 2.08. The van der Waals surface area contributed by atoms with Gasteiger partial charge in [-0.15, -0.1) is 0 Å². The second kappa shape index (κ2) is 10.7. The van der Waals surface area contributed by atoms with Crippen molar-refractivity contribution in [3.05, 3.63) is 18.7 Å². The third kappa shape index (κ3) is 9.80. The number of aromatic amines is 1. The number of unbranched alkanes of at least 4 members (excludes halogenated alkanes) is 2. The molecule has 1 rings (SSSR count). The lowest BCUT2D eigenvalue weighted by molar-refractivity contribution is -0.731. The molecule has 0 radical (unpaired) electrons. The molecular formula is C12H22N2O4. The van der Waals surface area contributed by atoms with Crippen molar-refractivity contribution in [2.75, 3.05) is 6.61 Å². The number of carboxylic acids is 1. The van der Waals surface area contributed by atoms with Gasteiger partial charge in [0.05, 0.1) is 18.7 Å². The Balaban J connectivity index is 0.000000411. The maximum Gasteiger partial charge on any atom is 0.243 e. The topological polar surface area (TPSA) is 89.3 Å². The van der Waals surface area contributed by atoms with Crippen molar-refractivity contribution in [2.24, 2.45) is 0 Å². The monoisotopic (exact) mass is 258 g/mol. The van der Waals surface area contributed by atoms with E-state index in [1.54, 1.807) is 0 Å². The Bertz CT molecular complexity index is 299. The first-order valence-corrected chi connectivity index (χ1v) is 6.06. The molecule has 0 aromatic carbocycles. The Kier molecular flexibility index (Phi) is 9.90. The molecule has 2 N–H and O–H groups in total. The molecule has 18 heavy (non-hydrogen) atoms. The second-order valence-electron chi connectivity index (χ2n) is 3.87. The van der Waals surface area contributed by atoms with Crippen LogP contribution in [0.3, 0.4) is 0 Å². The molecule has 0 aliphatic carbocycles. The molecule has 6 nitrogen and oxygen atoms in total. The van der Waals surface area contributed by atoms with Gasteiger partial charge in [-0.2, -0.15) is 0 Å². The fourth-order valence-electron chi connectivity index (χ4n) is 1.02. The van der Waals surface area contributed by atoms with E-state index in [2.05, 4.69) is 11.9 Å². The number of carbonyl (C=O) groups is 1. The van der Waals surface area contributed by atoms with Crippen molar-refractivity contribution < 1.29 is 24.3 Å². The quantitative estimate of drug-likeness (QED) is 0.513. The van der Waals surface area contributed by atoms with Gasteiger partial charge in [0.2, 0.25) is 6.33 Å². The Labute approximate surface area is 107 Å². The number of carbonyl (C=O) groups excluding carboxylic acids is 1. The van der Waals surface area contributed by atoms with Crippen LogP contribution >= 0.6 is 0 Å². The zero-order valence-electron chi connectivity index (χ0n) is 11.0. The number of rotatable bonds is 7. The molecule has 1 unspecified atom stereocenters. The fraction of sp³-hybridized carbons (Fsp3) is 0.667. The normalized spacial score (nSPS) is 11.5. The van der Waals surface area contributed by atoms with E-state index < -0.39 is 12.1 Å². The summed E-state index contributed by atoms with van der Waals surface area (Å²) in [6.45, 7) is 4.86. The molecule has 0 fully saturated rings. The molecule has 6 heteroatoms. The number of aromatic nitrogens is 2. The number of hydrogen-bond donors (Lipinski definition) is 2. The molecule has 1 aromatic rings. The molecule has 0 bridgehead atoms.